The zero-order chi connectivity index (χ0) is 14.4. The topological polar surface area (TPSA) is 35.2 Å². The predicted octanol–water partition coefficient (Wildman–Crippen LogP) is 4.41. The summed E-state index contributed by atoms with van der Waals surface area (Å²) in [5.74, 6) is 2.86. The summed E-state index contributed by atoms with van der Waals surface area (Å²) in [5, 5.41) is 0. The number of nitrogen functional groups attached to an aromatic ring is 1. The lowest BCUT2D eigenvalue weighted by molar-refractivity contribution is 0.337. The van der Waals surface area contributed by atoms with Gasteiger partial charge in [0.15, 0.2) is 0 Å². The van der Waals surface area contributed by atoms with Crippen LogP contribution in [0.2, 0.25) is 0 Å². The van der Waals surface area contributed by atoms with Gasteiger partial charge in [-0.25, -0.2) is 0 Å². The van der Waals surface area contributed by atoms with E-state index in [1.807, 2.05) is 36.9 Å². The maximum Gasteiger partial charge on any atom is 0.123 e. The smallest absolute Gasteiger partial charge is 0.123 e. The van der Waals surface area contributed by atoms with Gasteiger partial charge in [-0.2, -0.15) is 11.8 Å². The first-order valence-corrected chi connectivity index (χ1v) is 7.99. The standard InChI is InChI=1S/C17H21NOS/c1-3-19-17-9-8-16(18)10-15(17)12-20-11-14-7-5-4-6-13(14)2/h4-10H,3,11-12,18H2,1-2H3. The Bertz CT molecular complexity index is 569. The highest BCUT2D eigenvalue weighted by molar-refractivity contribution is 7.97. The first-order valence-electron chi connectivity index (χ1n) is 6.84. The molecule has 2 rings (SSSR count). The van der Waals surface area contributed by atoms with E-state index >= 15 is 0 Å². The quantitative estimate of drug-likeness (QED) is 0.799. The molecular formula is C17H21NOS. The Morgan fingerprint density at radius 2 is 1.80 bits per heavy atom. The van der Waals surface area contributed by atoms with E-state index in [1.54, 1.807) is 0 Å². The molecule has 0 amide bonds. The molecule has 0 saturated carbocycles. The van der Waals surface area contributed by atoms with Crippen molar-refractivity contribution in [3.63, 3.8) is 0 Å². The van der Waals surface area contributed by atoms with Gasteiger partial charge in [0.25, 0.3) is 0 Å². The Kier molecular flexibility index (Phi) is 5.36. The number of hydrogen-bond donors (Lipinski definition) is 1. The molecule has 20 heavy (non-hydrogen) atoms. The molecular weight excluding hydrogens is 266 g/mol. The highest BCUT2D eigenvalue weighted by Gasteiger charge is 2.05. The van der Waals surface area contributed by atoms with Crippen LogP contribution in [-0.2, 0) is 11.5 Å². The van der Waals surface area contributed by atoms with Gasteiger partial charge in [0, 0.05) is 22.8 Å². The Morgan fingerprint density at radius 1 is 1.05 bits per heavy atom. The summed E-state index contributed by atoms with van der Waals surface area (Å²) in [6, 6.07) is 14.4. The van der Waals surface area contributed by atoms with Gasteiger partial charge < -0.3 is 10.5 Å². The monoisotopic (exact) mass is 287 g/mol. The molecule has 3 heteroatoms. The zero-order valence-corrected chi connectivity index (χ0v) is 12.9. The average Bonchev–Trinajstić information content (AvgIpc) is 2.44. The normalized spacial score (nSPS) is 10.5. The van der Waals surface area contributed by atoms with Crippen molar-refractivity contribution < 1.29 is 4.74 Å². The van der Waals surface area contributed by atoms with E-state index in [0.29, 0.717) is 6.61 Å². The number of anilines is 1. The van der Waals surface area contributed by atoms with Crippen molar-refractivity contribution in [1.29, 1.82) is 0 Å². The minimum Gasteiger partial charge on any atom is -0.494 e. The van der Waals surface area contributed by atoms with Crippen molar-refractivity contribution >= 4 is 17.4 Å². The maximum absolute atomic E-state index is 5.87. The highest BCUT2D eigenvalue weighted by Crippen LogP contribution is 2.27. The summed E-state index contributed by atoms with van der Waals surface area (Å²) < 4.78 is 5.65. The minimum atomic E-state index is 0.680. The third-order valence-electron chi connectivity index (χ3n) is 3.16. The summed E-state index contributed by atoms with van der Waals surface area (Å²) in [6.45, 7) is 4.84. The van der Waals surface area contributed by atoms with Crippen LogP contribution in [0.3, 0.4) is 0 Å². The van der Waals surface area contributed by atoms with Crippen LogP contribution < -0.4 is 10.5 Å². The van der Waals surface area contributed by atoms with E-state index in [9.17, 15) is 0 Å². The van der Waals surface area contributed by atoms with Gasteiger partial charge >= 0.3 is 0 Å². The van der Waals surface area contributed by atoms with Crippen LogP contribution in [0.25, 0.3) is 0 Å². The fourth-order valence-electron chi connectivity index (χ4n) is 2.05. The van der Waals surface area contributed by atoms with Crippen LogP contribution in [0.5, 0.6) is 5.75 Å². The predicted molar refractivity (Wildman–Crippen MR) is 88.2 cm³/mol. The third kappa shape index (κ3) is 3.94. The van der Waals surface area contributed by atoms with Crippen LogP contribution in [-0.4, -0.2) is 6.61 Å². The maximum atomic E-state index is 5.87. The molecule has 106 valence electrons. The van der Waals surface area contributed by atoms with Crippen LogP contribution in [0, 0.1) is 6.92 Å². The van der Waals surface area contributed by atoms with Gasteiger partial charge in [-0.1, -0.05) is 24.3 Å². The summed E-state index contributed by atoms with van der Waals surface area (Å²) in [6.07, 6.45) is 0. The second-order valence-corrected chi connectivity index (χ2v) is 5.71. The molecule has 0 unspecified atom stereocenters. The first kappa shape index (κ1) is 14.8. The van der Waals surface area contributed by atoms with E-state index in [4.69, 9.17) is 10.5 Å². The number of hydrogen-bond acceptors (Lipinski definition) is 3. The molecule has 0 aliphatic rings. The SMILES string of the molecule is CCOc1ccc(N)cc1CSCc1ccccc1C. The van der Waals surface area contributed by atoms with Gasteiger partial charge in [0.05, 0.1) is 6.61 Å². The zero-order valence-electron chi connectivity index (χ0n) is 12.1. The number of aryl methyl sites for hydroxylation is 1. The molecule has 0 aliphatic carbocycles. The number of ether oxygens (including phenoxy) is 1. The molecule has 2 N–H and O–H groups in total. The lowest BCUT2D eigenvalue weighted by Crippen LogP contribution is -1.97. The van der Waals surface area contributed by atoms with Gasteiger partial charge in [0.2, 0.25) is 0 Å². The molecule has 0 aliphatic heterocycles. The van der Waals surface area contributed by atoms with Crippen molar-refractivity contribution in [2.75, 3.05) is 12.3 Å². The lowest BCUT2D eigenvalue weighted by Gasteiger charge is -2.11. The summed E-state index contributed by atoms with van der Waals surface area (Å²) >= 11 is 1.89. The van der Waals surface area contributed by atoms with E-state index in [0.717, 1.165) is 22.9 Å². The minimum absolute atomic E-state index is 0.680. The molecule has 0 saturated heterocycles. The third-order valence-corrected chi connectivity index (χ3v) is 4.19. The first-order chi connectivity index (χ1) is 9.70. The van der Waals surface area contributed by atoms with Crippen LogP contribution in [0.4, 0.5) is 5.69 Å². The molecule has 0 atom stereocenters. The molecule has 0 fully saturated rings. The Hall–Kier alpha value is -1.61. The molecule has 0 bridgehead atoms. The largest absolute Gasteiger partial charge is 0.494 e. The molecule has 0 spiro atoms. The Balaban J connectivity index is 2.00. The fourth-order valence-corrected chi connectivity index (χ4v) is 3.14. The molecule has 2 aromatic carbocycles. The summed E-state index contributed by atoms with van der Waals surface area (Å²) in [4.78, 5) is 0. The molecule has 0 heterocycles. The van der Waals surface area contributed by atoms with Crippen LogP contribution >= 0.6 is 11.8 Å². The van der Waals surface area contributed by atoms with Crippen LogP contribution in [0.1, 0.15) is 23.6 Å². The summed E-state index contributed by atoms with van der Waals surface area (Å²) in [5.41, 5.74) is 10.6. The van der Waals surface area contributed by atoms with E-state index < -0.39 is 0 Å². The van der Waals surface area contributed by atoms with E-state index in [-0.39, 0.29) is 0 Å². The van der Waals surface area contributed by atoms with Crippen molar-refractivity contribution in [2.45, 2.75) is 25.4 Å². The number of benzene rings is 2. The fraction of sp³-hybridized carbons (Fsp3) is 0.294. The number of rotatable bonds is 6. The van der Waals surface area contributed by atoms with Gasteiger partial charge in [-0.05, 0) is 43.2 Å². The number of thioether (sulfide) groups is 1. The highest BCUT2D eigenvalue weighted by atomic mass is 32.2. The molecule has 2 aromatic rings. The summed E-state index contributed by atoms with van der Waals surface area (Å²) in [7, 11) is 0. The van der Waals surface area contributed by atoms with Crippen molar-refractivity contribution in [3.8, 4) is 5.75 Å². The van der Waals surface area contributed by atoms with Crippen molar-refractivity contribution in [2.24, 2.45) is 0 Å². The second-order valence-electron chi connectivity index (χ2n) is 4.72. The second kappa shape index (κ2) is 7.25. The van der Waals surface area contributed by atoms with Crippen molar-refractivity contribution in [3.05, 3.63) is 59.2 Å². The van der Waals surface area contributed by atoms with Gasteiger partial charge in [0.1, 0.15) is 5.75 Å². The van der Waals surface area contributed by atoms with Gasteiger partial charge in [-0.15, -0.1) is 0 Å². The van der Waals surface area contributed by atoms with E-state index in [1.165, 1.54) is 16.7 Å². The Morgan fingerprint density at radius 3 is 2.55 bits per heavy atom. The van der Waals surface area contributed by atoms with Crippen LogP contribution in [0.15, 0.2) is 42.5 Å². The molecule has 0 aromatic heterocycles. The molecule has 0 radical (unpaired) electrons. The van der Waals surface area contributed by atoms with E-state index in [2.05, 4.69) is 31.2 Å². The Labute approximate surface area is 125 Å². The van der Waals surface area contributed by atoms with Gasteiger partial charge in [-0.3, -0.25) is 0 Å². The van der Waals surface area contributed by atoms with Crippen molar-refractivity contribution in [1.82, 2.24) is 0 Å². The number of nitrogens with two attached hydrogens (primary N) is 1. The lowest BCUT2D eigenvalue weighted by atomic mass is 10.1. The molecule has 2 nitrogen and oxygen atoms in total. The average molecular weight is 287 g/mol.